The number of rotatable bonds is 7. The largest absolute Gasteiger partial charge is 0.482 e. The van der Waals surface area contributed by atoms with Crippen LogP contribution in [0.15, 0.2) is 24.3 Å². The van der Waals surface area contributed by atoms with E-state index >= 15 is 0 Å². The van der Waals surface area contributed by atoms with Crippen molar-refractivity contribution in [3.63, 3.8) is 0 Å². The maximum absolute atomic E-state index is 11.0. The summed E-state index contributed by atoms with van der Waals surface area (Å²) in [5.41, 5.74) is 0.425. The number of hydrogen-bond donors (Lipinski definition) is 3. The van der Waals surface area contributed by atoms with Gasteiger partial charge < -0.3 is 25.0 Å². The van der Waals surface area contributed by atoms with E-state index in [9.17, 15) is 15.0 Å². The second kappa shape index (κ2) is 7.73. The highest BCUT2D eigenvalue weighted by Crippen LogP contribution is 2.27. The maximum Gasteiger partial charge on any atom is 0.343 e. The summed E-state index contributed by atoms with van der Waals surface area (Å²) in [6, 6.07) is 6.69. The minimum atomic E-state index is -1.10. The molecule has 0 aromatic heterocycles. The summed E-state index contributed by atoms with van der Waals surface area (Å²) < 4.78 is 9.75. The van der Waals surface area contributed by atoms with E-state index in [4.69, 9.17) is 4.74 Å². The van der Waals surface area contributed by atoms with E-state index in [-0.39, 0.29) is 13.2 Å². The van der Waals surface area contributed by atoms with Gasteiger partial charge in [-0.3, -0.25) is 0 Å². The number of carbonyl (C=O) groups excluding carboxylic acids is 1. The average Bonchev–Trinajstić information content (AvgIpc) is 2.44. The minimum Gasteiger partial charge on any atom is -0.482 e. The van der Waals surface area contributed by atoms with Crippen LogP contribution >= 0.6 is 0 Å². The molecule has 19 heavy (non-hydrogen) atoms. The third-order valence-electron chi connectivity index (χ3n) is 2.59. The quantitative estimate of drug-likeness (QED) is 0.597. The van der Waals surface area contributed by atoms with Gasteiger partial charge in [-0.1, -0.05) is 18.2 Å². The summed E-state index contributed by atoms with van der Waals surface area (Å²) in [5.74, 6) is -0.171. The first kappa shape index (κ1) is 15.4. The van der Waals surface area contributed by atoms with Gasteiger partial charge in [0.2, 0.25) is 0 Å². The highest BCUT2D eigenvalue weighted by atomic mass is 16.6. The molecule has 6 nitrogen and oxygen atoms in total. The van der Waals surface area contributed by atoms with Crippen LogP contribution in [0.4, 0.5) is 0 Å². The molecule has 6 heteroatoms. The normalized spacial score (nSPS) is 13.7. The zero-order valence-electron chi connectivity index (χ0n) is 11.0. The van der Waals surface area contributed by atoms with Gasteiger partial charge in [-0.05, 0) is 13.1 Å². The Labute approximate surface area is 112 Å². The Hall–Kier alpha value is -1.63. The van der Waals surface area contributed by atoms with E-state index < -0.39 is 18.2 Å². The Bertz CT molecular complexity index is 410. The molecule has 0 aliphatic carbocycles. The van der Waals surface area contributed by atoms with E-state index in [1.54, 1.807) is 31.3 Å². The van der Waals surface area contributed by atoms with Crippen molar-refractivity contribution in [3.8, 4) is 5.75 Å². The summed E-state index contributed by atoms with van der Waals surface area (Å²) >= 11 is 0. The number of benzene rings is 1. The molecule has 0 aliphatic heterocycles. The molecule has 0 saturated carbocycles. The van der Waals surface area contributed by atoms with E-state index in [2.05, 4.69) is 10.1 Å². The number of aliphatic hydroxyl groups excluding tert-OH is 2. The van der Waals surface area contributed by atoms with Gasteiger partial charge in [0.05, 0.1) is 13.2 Å². The fraction of sp³-hybridized carbons (Fsp3) is 0.462. The van der Waals surface area contributed by atoms with Crippen molar-refractivity contribution in [3.05, 3.63) is 29.8 Å². The molecule has 1 rings (SSSR count). The summed E-state index contributed by atoms with van der Waals surface area (Å²) in [4.78, 5) is 11.0. The van der Waals surface area contributed by atoms with Gasteiger partial charge in [-0.25, -0.2) is 4.79 Å². The fourth-order valence-corrected chi connectivity index (χ4v) is 1.58. The molecule has 2 unspecified atom stereocenters. The van der Waals surface area contributed by atoms with Crippen LogP contribution in [0.5, 0.6) is 5.75 Å². The van der Waals surface area contributed by atoms with E-state index in [1.165, 1.54) is 7.11 Å². The summed E-state index contributed by atoms with van der Waals surface area (Å²) in [6.45, 7) is -0.00510. The van der Waals surface area contributed by atoms with Crippen molar-refractivity contribution < 1.29 is 24.5 Å². The number of para-hydroxylation sites is 1. The fourth-order valence-electron chi connectivity index (χ4n) is 1.58. The van der Waals surface area contributed by atoms with E-state index in [0.717, 1.165) is 0 Å². The van der Waals surface area contributed by atoms with E-state index in [1.807, 2.05) is 0 Å². The molecule has 0 spiro atoms. The van der Waals surface area contributed by atoms with Crippen molar-refractivity contribution in [2.24, 2.45) is 0 Å². The number of nitrogens with one attached hydrogen (secondary N) is 1. The van der Waals surface area contributed by atoms with Crippen LogP contribution in [0.25, 0.3) is 0 Å². The Balaban J connectivity index is 2.80. The molecular weight excluding hydrogens is 250 g/mol. The monoisotopic (exact) mass is 269 g/mol. The number of methoxy groups -OCH3 is 1. The van der Waals surface area contributed by atoms with Gasteiger partial charge in [0.15, 0.2) is 6.61 Å². The molecule has 0 saturated heterocycles. The Morgan fingerprint density at radius 2 is 2.05 bits per heavy atom. The zero-order valence-corrected chi connectivity index (χ0v) is 11.0. The van der Waals surface area contributed by atoms with Crippen molar-refractivity contribution >= 4 is 5.97 Å². The molecule has 0 fully saturated rings. The lowest BCUT2D eigenvalue weighted by molar-refractivity contribution is -0.142. The standard InChI is InChI=1S/C13H19NO5/c1-14-7-10(15)13(17)9-5-3-4-6-11(9)19-8-12(16)18-2/h3-6,10,13-15,17H,7-8H2,1-2H3. The second-order valence-corrected chi connectivity index (χ2v) is 3.97. The Morgan fingerprint density at radius 1 is 1.37 bits per heavy atom. The number of likely N-dealkylation sites (N-methyl/N-ethyl adjacent to an activating group) is 1. The molecule has 0 aliphatic rings. The molecule has 0 radical (unpaired) electrons. The molecule has 106 valence electrons. The highest BCUT2D eigenvalue weighted by molar-refractivity contribution is 5.70. The van der Waals surface area contributed by atoms with Crippen LogP contribution in [-0.4, -0.2) is 49.6 Å². The Morgan fingerprint density at radius 3 is 2.68 bits per heavy atom. The van der Waals surface area contributed by atoms with Crippen molar-refractivity contribution in [2.75, 3.05) is 27.3 Å². The predicted molar refractivity (Wildman–Crippen MR) is 68.8 cm³/mol. The SMILES string of the molecule is CNCC(O)C(O)c1ccccc1OCC(=O)OC. The smallest absolute Gasteiger partial charge is 0.343 e. The number of ether oxygens (including phenoxy) is 2. The van der Waals surface area contributed by atoms with Crippen LogP contribution < -0.4 is 10.1 Å². The first-order chi connectivity index (χ1) is 9.10. The molecule has 3 N–H and O–H groups in total. The van der Waals surface area contributed by atoms with Crippen molar-refractivity contribution in [1.82, 2.24) is 5.32 Å². The number of hydrogen-bond acceptors (Lipinski definition) is 6. The lowest BCUT2D eigenvalue weighted by Crippen LogP contribution is -2.30. The van der Waals surface area contributed by atoms with Gasteiger partial charge in [-0.15, -0.1) is 0 Å². The molecule has 0 bridgehead atoms. The van der Waals surface area contributed by atoms with Crippen molar-refractivity contribution in [1.29, 1.82) is 0 Å². The van der Waals surface area contributed by atoms with Crippen LogP contribution in [0, 0.1) is 0 Å². The predicted octanol–water partition coefficient (Wildman–Crippen LogP) is -0.148. The first-order valence-corrected chi connectivity index (χ1v) is 5.89. The zero-order chi connectivity index (χ0) is 14.3. The lowest BCUT2D eigenvalue weighted by atomic mass is 10.0. The van der Waals surface area contributed by atoms with Gasteiger partial charge >= 0.3 is 5.97 Å². The number of aliphatic hydroxyl groups is 2. The number of carbonyl (C=O) groups is 1. The van der Waals surface area contributed by atoms with Crippen molar-refractivity contribution in [2.45, 2.75) is 12.2 Å². The van der Waals surface area contributed by atoms with Gasteiger partial charge in [0.1, 0.15) is 11.9 Å². The minimum absolute atomic E-state index is 0.243. The Kier molecular flexibility index (Phi) is 6.27. The maximum atomic E-state index is 11.0. The van der Waals surface area contributed by atoms with Gasteiger partial charge in [0.25, 0.3) is 0 Å². The van der Waals surface area contributed by atoms with Gasteiger partial charge in [-0.2, -0.15) is 0 Å². The number of esters is 1. The summed E-state index contributed by atoms with van der Waals surface area (Å²) in [6.07, 6.45) is -2.06. The lowest BCUT2D eigenvalue weighted by Gasteiger charge is -2.20. The molecule has 2 atom stereocenters. The second-order valence-electron chi connectivity index (χ2n) is 3.97. The van der Waals surface area contributed by atoms with Crippen LogP contribution in [0.2, 0.25) is 0 Å². The third kappa shape index (κ3) is 4.51. The highest BCUT2D eigenvalue weighted by Gasteiger charge is 2.21. The molecule has 1 aromatic carbocycles. The summed E-state index contributed by atoms with van der Waals surface area (Å²) in [5, 5.41) is 22.6. The van der Waals surface area contributed by atoms with Gasteiger partial charge in [0, 0.05) is 12.1 Å². The topological polar surface area (TPSA) is 88.0 Å². The molecule has 0 heterocycles. The first-order valence-electron chi connectivity index (χ1n) is 5.89. The molecule has 1 aromatic rings. The van der Waals surface area contributed by atoms with Crippen LogP contribution in [0.1, 0.15) is 11.7 Å². The third-order valence-corrected chi connectivity index (χ3v) is 2.59. The molecular formula is C13H19NO5. The average molecular weight is 269 g/mol. The van der Waals surface area contributed by atoms with Crippen LogP contribution in [-0.2, 0) is 9.53 Å². The molecule has 0 amide bonds. The summed E-state index contributed by atoms with van der Waals surface area (Å²) in [7, 11) is 2.94. The van der Waals surface area contributed by atoms with E-state index in [0.29, 0.717) is 11.3 Å². The van der Waals surface area contributed by atoms with Crippen LogP contribution in [0.3, 0.4) is 0 Å².